The van der Waals surface area contributed by atoms with E-state index >= 15 is 0 Å². The van der Waals surface area contributed by atoms with Gasteiger partial charge < -0.3 is 10.2 Å². The van der Waals surface area contributed by atoms with Crippen molar-refractivity contribution in [2.75, 3.05) is 0 Å². The first-order valence-corrected chi connectivity index (χ1v) is 7.78. The highest BCUT2D eigenvalue weighted by atomic mass is 32.2. The van der Waals surface area contributed by atoms with Crippen molar-refractivity contribution < 1.29 is 24.0 Å². The molecule has 0 fully saturated rings. The topological polar surface area (TPSA) is 118 Å². The van der Waals surface area contributed by atoms with Crippen molar-refractivity contribution >= 4 is 27.0 Å². The van der Waals surface area contributed by atoms with Crippen LogP contribution < -0.4 is 5.14 Å². The zero-order valence-corrected chi connectivity index (χ0v) is 11.6. The van der Waals surface area contributed by atoms with Crippen molar-refractivity contribution in [2.45, 2.75) is 18.6 Å². The minimum Gasteiger partial charge on any atom is -0.481 e. The van der Waals surface area contributed by atoms with Gasteiger partial charge in [-0.1, -0.05) is 30.3 Å². The zero-order valence-electron chi connectivity index (χ0n) is 10.8. The number of nitrogens with two attached hydrogens (primary N) is 1. The van der Waals surface area contributed by atoms with Gasteiger partial charge in [-0.25, -0.2) is 0 Å². The quantitative estimate of drug-likeness (QED) is 0.641. The molecule has 7 heteroatoms. The summed E-state index contributed by atoms with van der Waals surface area (Å²) in [5.41, 5.74) is 0.735. The van der Waals surface area contributed by atoms with Gasteiger partial charge in [0.1, 0.15) is 0 Å². The standard InChI is InChI=1S/C13H17NO5S/c14-20(19,8-10-4-2-1-3-5-10)9-11(13(17)18)6-7-12(15)16/h1-5,9,11H,6-8H2,(H2,14,19)(H,15,16)(H,17,18). The third-order valence-corrected chi connectivity index (χ3v) is 4.19. The second-order valence-electron chi connectivity index (χ2n) is 4.42. The molecule has 110 valence electrons. The van der Waals surface area contributed by atoms with E-state index in [1.165, 1.54) is 0 Å². The number of hydrogen-bond acceptors (Lipinski definition) is 3. The molecule has 0 saturated carbocycles. The Bertz CT molecular complexity index is 590. The lowest BCUT2D eigenvalue weighted by Crippen LogP contribution is -2.26. The first-order valence-electron chi connectivity index (χ1n) is 5.93. The Morgan fingerprint density at radius 1 is 1.25 bits per heavy atom. The van der Waals surface area contributed by atoms with Gasteiger partial charge in [-0.3, -0.25) is 18.9 Å². The molecule has 0 heterocycles. The van der Waals surface area contributed by atoms with Crippen LogP contribution in [-0.4, -0.2) is 31.7 Å². The molecule has 0 aromatic heterocycles. The molecule has 0 aliphatic carbocycles. The first-order chi connectivity index (χ1) is 9.30. The van der Waals surface area contributed by atoms with E-state index in [0.717, 1.165) is 10.9 Å². The maximum Gasteiger partial charge on any atom is 0.311 e. The molecule has 0 amide bonds. The van der Waals surface area contributed by atoms with Crippen molar-refractivity contribution in [3.8, 4) is 0 Å². The van der Waals surface area contributed by atoms with Crippen LogP contribution in [0, 0.1) is 5.92 Å². The summed E-state index contributed by atoms with van der Waals surface area (Å²) >= 11 is 0. The largest absolute Gasteiger partial charge is 0.481 e. The number of benzene rings is 1. The number of carboxylic acids is 2. The third kappa shape index (κ3) is 5.85. The van der Waals surface area contributed by atoms with Crippen molar-refractivity contribution in [1.29, 1.82) is 0 Å². The highest BCUT2D eigenvalue weighted by Crippen LogP contribution is 2.09. The maximum absolute atomic E-state index is 12.2. The summed E-state index contributed by atoms with van der Waals surface area (Å²) in [4.78, 5) is 21.5. The molecule has 0 saturated heterocycles. The van der Waals surface area contributed by atoms with Crippen LogP contribution in [0.4, 0.5) is 0 Å². The molecular formula is C13H17NO5S. The molecule has 1 rings (SSSR count). The second kappa shape index (κ2) is 7.06. The van der Waals surface area contributed by atoms with Crippen molar-refractivity contribution in [3.63, 3.8) is 0 Å². The summed E-state index contributed by atoms with van der Waals surface area (Å²) in [6.45, 7) is 0. The van der Waals surface area contributed by atoms with E-state index in [2.05, 4.69) is 0 Å². The van der Waals surface area contributed by atoms with Crippen LogP contribution in [0.3, 0.4) is 0 Å². The zero-order chi connectivity index (χ0) is 15.2. The van der Waals surface area contributed by atoms with Gasteiger partial charge in [0.05, 0.1) is 11.7 Å². The summed E-state index contributed by atoms with van der Waals surface area (Å²) in [6.07, 6.45) is -0.442. The lowest BCUT2D eigenvalue weighted by atomic mass is 10.1. The number of hydrogen-bond donors (Lipinski definition) is 3. The summed E-state index contributed by atoms with van der Waals surface area (Å²) in [7, 11) is -2.98. The van der Waals surface area contributed by atoms with E-state index in [9.17, 15) is 13.8 Å². The summed E-state index contributed by atoms with van der Waals surface area (Å²) < 4.78 is 12.2. The molecule has 0 bridgehead atoms. The number of rotatable bonds is 7. The van der Waals surface area contributed by atoms with Gasteiger partial charge in [0.2, 0.25) is 0 Å². The average molecular weight is 299 g/mol. The van der Waals surface area contributed by atoms with Gasteiger partial charge in [-0.05, 0) is 17.4 Å². The van der Waals surface area contributed by atoms with E-state index in [1.807, 2.05) is 0 Å². The van der Waals surface area contributed by atoms with Gasteiger partial charge in [0.25, 0.3) is 0 Å². The van der Waals surface area contributed by atoms with E-state index < -0.39 is 27.6 Å². The fourth-order valence-electron chi connectivity index (χ4n) is 1.69. The third-order valence-electron chi connectivity index (χ3n) is 2.62. The SMILES string of the molecule is NS(=O)(=CC(CCC(=O)O)C(=O)O)Cc1ccccc1. The van der Waals surface area contributed by atoms with Gasteiger partial charge >= 0.3 is 11.9 Å². The van der Waals surface area contributed by atoms with Crippen molar-refractivity contribution in [3.05, 3.63) is 35.9 Å². The molecule has 1 aromatic carbocycles. The Kier molecular flexibility index (Phi) is 5.72. The summed E-state index contributed by atoms with van der Waals surface area (Å²) in [5, 5.41) is 24.3. The fourth-order valence-corrected chi connectivity index (χ4v) is 3.31. The Morgan fingerprint density at radius 2 is 1.85 bits per heavy atom. The van der Waals surface area contributed by atoms with Crippen LogP contribution in [0.15, 0.2) is 30.3 Å². The molecule has 0 aliphatic rings. The highest BCUT2D eigenvalue weighted by molar-refractivity contribution is 7.98. The van der Waals surface area contributed by atoms with Crippen LogP contribution in [0.5, 0.6) is 0 Å². The highest BCUT2D eigenvalue weighted by Gasteiger charge is 2.19. The summed E-state index contributed by atoms with van der Waals surface area (Å²) in [5.74, 6) is -3.42. The molecule has 1 aromatic rings. The maximum atomic E-state index is 12.2. The van der Waals surface area contributed by atoms with E-state index in [1.54, 1.807) is 30.3 Å². The van der Waals surface area contributed by atoms with Crippen LogP contribution in [0.25, 0.3) is 0 Å². The second-order valence-corrected chi connectivity index (χ2v) is 6.54. The Balaban J connectivity index is 2.88. The molecule has 2 atom stereocenters. The molecule has 0 radical (unpaired) electrons. The normalized spacial score (nSPS) is 15.1. The van der Waals surface area contributed by atoms with E-state index in [4.69, 9.17) is 15.4 Å². The van der Waals surface area contributed by atoms with Crippen LogP contribution in [0.1, 0.15) is 18.4 Å². The van der Waals surface area contributed by atoms with Crippen molar-refractivity contribution in [1.82, 2.24) is 0 Å². The molecule has 4 N–H and O–H groups in total. The number of aliphatic carboxylic acids is 2. The average Bonchev–Trinajstić information content (AvgIpc) is 2.34. The Morgan fingerprint density at radius 3 is 2.35 bits per heavy atom. The first kappa shape index (κ1) is 16.2. The van der Waals surface area contributed by atoms with Gasteiger partial charge in [0, 0.05) is 16.1 Å². The molecule has 20 heavy (non-hydrogen) atoms. The lowest BCUT2D eigenvalue weighted by Gasteiger charge is -2.10. The lowest BCUT2D eigenvalue weighted by molar-refractivity contribution is -0.140. The van der Waals surface area contributed by atoms with E-state index in [-0.39, 0.29) is 18.6 Å². The van der Waals surface area contributed by atoms with Crippen LogP contribution in [0.2, 0.25) is 0 Å². The Hall–Kier alpha value is -1.86. The number of carbonyl (C=O) groups is 2. The minimum atomic E-state index is -2.98. The molecule has 0 aliphatic heterocycles. The monoisotopic (exact) mass is 299 g/mol. The molecule has 0 spiro atoms. The predicted molar refractivity (Wildman–Crippen MR) is 76.5 cm³/mol. The molecular weight excluding hydrogens is 282 g/mol. The van der Waals surface area contributed by atoms with Crippen LogP contribution >= 0.6 is 0 Å². The molecule has 6 nitrogen and oxygen atoms in total. The van der Waals surface area contributed by atoms with Gasteiger partial charge in [0.15, 0.2) is 0 Å². The van der Waals surface area contributed by atoms with E-state index in [0.29, 0.717) is 0 Å². The van der Waals surface area contributed by atoms with Gasteiger partial charge in [-0.2, -0.15) is 0 Å². The molecule has 2 unspecified atom stereocenters. The minimum absolute atomic E-state index is 0.0324. The predicted octanol–water partition coefficient (Wildman–Crippen LogP) is 0.713. The number of carboxylic acid groups (broad SMARTS) is 2. The van der Waals surface area contributed by atoms with Crippen LogP contribution in [-0.2, 0) is 25.0 Å². The van der Waals surface area contributed by atoms with Crippen molar-refractivity contribution in [2.24, 2.45) is 11.1 Å². The summed E-state index contributed by atoms with van der Waals surface area (Å²) in [6, 6.07) is 8.83. The fraction of sp³-hybridized carbons (Fsp3) is 0.308. The Labute approximate surface area is 117 Å². The van der Waals surface area contributed by atoms with Gasteiger partial charge in [-0.15, -0.1) is 0 Å². The smallest absolute Gasteiger partial charge is 0.311 e.